The number of benzene rings is 3. The van der Waals surface area contributed by atoms with E-state index in [0.29, 0.717) is 39.7 Å². The van der Waals surface area contributed by atoms with Gasteiger partial charge in [-0.25, -0.2) is 4.90 Å². The molecule has 0 saturated heterocycles. The van der Waals surface area contributed by atoms with E-state index in [2.05, 4.69) is 5.32 Å². The van der Waals surface area contributed by atoms with Gasteiger partial charge in [0.05, 0.1) is 17.9 Å². The Bertz CT molecular complexity index is 1280. The Labute approximate surface area is 198 Å². The lowest BCUT2D eigenvalue weighted by molar-refractivity contribution is -0.120. The lowest BCUT2D eigenvalue weighted by atomic mass is 9.99. The molecule has 1 N–H and O–H groups in total. The highest BCUT2D eigenvalue weighted by Crippen LogP contribution is 2.37. The quantitative estimate of drug-likeness (QED) is 0.454. The number of nitrogens with one attached hydrogen (secondary N) is 1. The smallest absolute Gasteiger partial charge is 0.282 e. The number of aryl methyl sites for hydroxylation is 2. The molecule has 33 heavy (non-hydrogen) atoms. The van der Waals surface area contributed by atoms with Gasteiger partial charge in [0.25, 0.3) is 11.8 Å². The average molecular weight is 461 g/mol. The minimum Gasteiger partial charge on any atom is -0.494 e. The molecule has 2 amide bonds. The maximum atomic E-state index is 13.7. The summed E-state index contributed by atoms with van der Waals surface area (Å²) in [6.45, 7) is 8.28. The number of hydrogen-bond acceptors (Lipinski definition) is 4. The lowest BCUT2D eigenvalue weighted by Crippen LogP contribution is -2.33. The molecule has 3 aromatic rings. The Kier molecular flexibility index (Phi) is 6.25. The molecule has 0 radical (unpaired) electrons. The van der Waals surface area contributed by atoms with Gasteiger partial charge in [-0.1, -0.05) is 35.9 Å². The first-order chi connectivity index (χ1) is 15.8. The zero-order chi connectivity index (χ0) is 23.7. The van der Waals surface area contributed by atoms with Crippen LogP contribution in [0.2, 0.25) is 5.02 Å². The summed E-state index contributed by atoms with van der Waals surface area (Å²) in [5.41, 5.74) is 5.22. The summed E-state index contributed by atoms with van der Waals surface area (Å²) in [5, 5.41) is 3.68. The molecule has 1 heterocycles. The third-order valence-corrected chi connectivity index (χ3v) is 6.20. The average Bonchev–Trinajstić information content (AvgIpc) is 3.03. The van der Waals surface area contributed by atoms with E-state index in [-0.39, 0.29) is 11.6 Å². The van der Waals surface area contributed by atoms with Gasteiger partial charge in [0, 0.05) is 10.7 Å². The first-order valence-corrected chi connectivity index (χ1v) is 11.1. The van der Waals surface area contributed by atoms with Crippen molar-refractivity contribution in [1.29, 1.82) is 0 Å². The van der Waals surface area contributed by atoms with E-state index in [1.54, 1.807) is 25.1 Å². The third-order valence-electron chi connectivity index (χ3n) is 5.79. The fourth-order valence-electron chi connectivity index (χ4n) is 3.81. The molecule has 0 fully saturated rings. The van der Waals surface area contributed by atoms with Crippen LogP contribution in [-0.4, -0.2) is 18.4 Å². The molecule has 0 bridgehead atoms. The molecule has 0 saturated carbocycles. The number of halogens is 1. The maximum absolute atomic E-state index is 13.7. The number of ether oxygens (including phenoxy) is 1. The summed E-state index contributed by atoms with van der Waals surface area (Å²) < 4.78 is 5.50. The number of amides is 2. The predicted molar refractivity (Wildman–Crippen MR) is 133 cm³/mol. The largest absolute Gasteiger partial charge is 0.494 e. The van der Waals surface area contributed by atoms with Crippen molar-refractivity contribution in [1.82, 2.24) is 0 Å². The molecule has 0 atom stereocenters. The van der Waals surface area contributed by atoms with Crippen molar-refractivity contribution in [3.63, 3.8) is 0 Å². The number of hydrogen-bond donors (Lipinski definition) is 1. The van der Waals surface area contributed by atoms with E-state index in [9.17, 15) is 9.59 Å². The van der Waals surface area contributed by atoms with Crippen molar-refractivity contribution in [2.75, 3.05) is 16.8 Å². The normalized spacial score (nSPS) is 13.7. The van der Waals surface area contributed by atoms with Crippen LogP contribution in [0.1, 0.15) is 29.2 Å². The van der Waals surface area contributed by atoms with Crippen LogP contribution in [0.5, 0.6) is 5.75 Å². The van der Waals surface area contributed by atoms with Crippen LogP contribution in [0.4, 0.5) is 11.4 Å². The first-order valence-electron chi connectivity index (χ1n) is 10.8. The number of anilines is 2. The summed E-state index contributed by atoms with van der Waals surface area (Å²) in [7, 11) is 0. The van der Waals surface area contributed by atoms with Crippen LogP contribution in [0.25, 0.3) is 5.57 Å². The van der Waals surface area contributed by atoms with Crippen molar-refractivity contribution in [2.45, 2.75) is 27.7 Å². The highest BCUT2D eigenvalue weighted by molar-refractivity contribution is 6.46. The highest BCUT2D eigenvalue weighted by Gasteiger charge is 2.41. The number of nitrogens with zero attached hydrogens (tertiary/aromatic N) is 1. The van der Waals surface area contributed by atoms with Crippen molar-refractivity contribution in [3.05, 3.63) is 93.6 Å². The van der Waals surface area contributed by atoms with E-state index in [1.165, 1.54) is 4.90 Å². The topological polar surface area (TPSA) is 58.6 Å². The summed E-state index contributed by atoms with van der Waals surface area (Å²) in [5.74, 6) is -0.0778. The molecule has 168 valence electrons. The molecule has 0 spiro atoms. The van der Waals surface area contributed by atoms with Gasteiger partial charge in [-0.2, -0.15) is 0 Å². The highest BCUT2D eigenvalue weighted by atomic mass is 35.5. The molecule has 4 rings (SSSR count). The summed E-state index contributed by atoms with van der Waals surface area (Å²) in [4.78, 5) is 28.5. The second-order valence-electron chi connectivity index (χ2n) is 7.96. The van der Waals surface area contributed by atoms with Gasteiger partial charge in [-0.15, -0.1) is 0 Å². The van der Waals surface area contributed by atoms with E-state index in [1.807, 2.05) is 63.2 Å². The molecule has 6 heteroatoms. The molecule has 0 aromatic heterocycles. The monoisotopic (exact) mass is 460 g/mol. The molecular formula is C27H25ClN2O3. The van der Waals surface area contributed by atoms with Gasteiger partial charge in [0.2, 0.25) is 0 Å². The lowest BCUT2D eigenvalue weighted by Gasteiger charge is -2.18. The van der Waals surface area contributed by atoms with Gasteiger partial charge in [0.15, 0.2) is 0 Å². The Morgan fingerprint density at radius 3 is 2.30 bits per heavy atom. The van der Waals surface area contributed by atoms with Crippen LogP contribution in [-0.2, 0) is 9.59 Å². The number of carbonyl (C=O) groups is 2. The van der Waals surface area contributed by atoms with E-state index >= 15 is 0 Å². The third kappa shape index (κ3) is 4.24. The van der Waals surface area contributed by atoms with Gasteiger partial charge in [-0.05, 0) is 86.3 Å². The van der Waals surface area contributed by atoms with Gasteiger partial charge < -0.3 is 10.1 Å². The van der Waals surface area contributed by atoms with Crippen LogP contribution >= 0.6 is 11.6 Å². The minimum absolute atomic E-state index is 0.229. The summed E-state index contributed by atoms with van der Waals surface area (Å²) >= 11 is 6.30. The van der Waals surface area contributed by atoms with Gasteiger partial charge >= 0.3 is 0 Å². The SMILES string of the molecule is CCOc1ccc(NC2=C(c3ccc(C)c(C)c3)C(=O)N(c3cccc(Cl)c3C)C2=O)cc1. The van der Waals surface area contributed by atoms with Crippen LogP contribution in [0.15, 0.2) is 66.4 Å². The molecular weight excluding hydrogens is 436 g/mol. The molecule has 3 aromatic carbocycles. The molecule has 1 aliphatic heterocycles. The predicted octanol–water partition coefficient (Wildman–Crippen LogP) is 6.06. The zero-order valence-corrected chi connectivity index (χ0v) is 19.8. The Morgan fingerprint density at radius 1 is 0.909 bits per heavy atom. The molecule has 0 aliphatic carbocycles. The van der Waals surface area contributed by atoms with Crippen molar-refractivity contribution in [3.8, 4) is 5.75 Å². The van der Waals surface area contributed by atoms with E-state index < -0.39 is 5.91 Å². The zero-order valence-electron chi connectivity index (χ0n) is 19.0. The fraction of sp³-hybridized carbons (Fsp3) is 0.185. The van der Waals surface area contributed by atoms with E-state index in [4.69, 9.17) is 16.3 Å². The van der Waals surface area contributed by atoms with Crippen molar-refractivity contribution in [2.24, 2.45) is 0 Å². The number of rotatable bonds is 6. The second kappa shape index (κ2) is 9.12. The first kappa shape index (κ1) is 22.6. The number of imide groups is 1. The van der Waals surface area contributed by atoms with Gasteiger partial charge in [-0.3, -0.25) is 9.59 Å². The van der Waals surface area contributed by atoms with Crippen LogP contribution < -0.4 is 15.0 Å². The maximum Gasteiger partial charge on any atom is 0.282 e. The summed E-state index contributed by atoms with van der Waals surface area (Å²) in [6.07, 6.45) is 0. The second-order valence-corrected chi connectivity index (χ2v) is 8.37. The summed E-state index contributed by atoms with van der Waals surface area (Å²) in [6, 6.07) is 18.3. The van der Waals surface area contributed by atoms with Gasteiger partial charge in [0.1, 0.15) is 11.4 Å². The standard InChI is InChI=1S/C27H25ClN2O3/c1-5-33-21-13-11-20(12-14-21)29-25-24(19-10-9-16(2)17(3)15-19)26(31)30(27(25)32)23-8-6-7-22(28)18(23)4/h6-15,29H,5H2,1-4H3. The molecule has 5 nitrogen and oxygen atoms in total. The minimum atomic E-state index is -0.424. The Balaban J connectivity index is 1.82. The molecule has 0 unspecified atom stereocenters. The Hall–Kier alpha value is -3.57. The van der Waals surface area contributed by atoms with Crippen molar-refractivity contribution < 1.29 is 14.3 Å². The Morgan fingerprint density at radius 2 is 1.64 bits per heavy atom. The van der Waals surface area contributed by atoms with Crippen molar-refractivity contribution >= 4 is 40.4 Å². The van der Waals surface area contributed by atoms with Crippen LogP contribution in [0, 0.1) is 20.8 Å². The van der Waals surface area contributed by atoms with Crippen LogP contribution in [0.3, 0.4) is 0 Å². The number of carbonyl (C=O) groups excluding carboxylic acids is 2. The fourth-order valence-corrected chi connectivity index (χ4v) is 3.98. The van der Waals surface area contributed by atoms with E-state index in [0.717, 1.165) is 16.9 Å². The molecule has 1 aliphatic rings.